The normalized spacial score (nSPS) is 15.0. The van der Waals surface area contributed by atoms with Crippen molar-refractivity contribution < 1.29 is 9.21 Å². The predicted octanol–water partition coefficient (Wildman–Crippen LogP) is 3.03. The number of nitriles is 1. The second-order valence-electron chi connectivity index (χ2n) is 6.80. The molecule has 3 heterocycles. The average Bonchev–Trinajstić information content (AvgIpc) is 2.87. The molecule has 2 aromatic rings. The van der Waals surface area contributed by atoms with Crippen LogP contribution in [0, 0.1) is 44.9 Å². The molecule has 1 N–H and O–H groups in total. The van der Waals surface area contributed by atoms with Gasteiger partial charge in [0.15, 0.2) is 0 Å². The number of piperidine rings is 1. The van der Waals surface area contributed by atoms with E-state index < -0.39 is 0 Å². The van der Waals surface area contributed by atoms with Crippen molar-refractivity contribution >= 4 is 17.7 Å². The Kier molecular flexibility index (Phi) is 4.94. The maximum atomic E-state index is 12.6. The van der Waals surface area contributed by atoms with Crippen LogP contribution in [0.3, 0.4) is 0 Å². The minimum absolute atomic E-state index is 0.101. The first kappa shape index (κ1) is 17.9. The zero-order valence-electron chi connectivity index (χ0n) is 15.6. The number of anilines is 2. The summed E-state index contributed by atoms with van der Waals surface area (Å²) in [4.78, 5) is 23.7. The van der Waals surface area contributed by atoms with Crippen molar-refractivity contribution in [2.24, 2.45) is 5.92 Å². The molecule has 7 heteroatoms. The molecular weight excluding hydrogens is 330 g/mol. The molecule has 0 atom stereocenters. The standard InChI is InChI=1S/C19H23N5O2/c1-11-9-12(2)22-19(21-11)24-7-5-15(6-8-24)17(25)23-18-16(10-20)13(3)14(4)26-18/h9,15H,5-8H2,1-4H3,(H,23,25). The van der Waals surface area contributed by atoms with Crippen LogP contribution in [0.25, 0.3) is 0 Å². The van der Waals surface area contributed by atoms with Gasteiger partial charge in [0, 0.05) is 36.0 Å². The van der Waals surface area contributed by atoms with Gasteiger partial charge in [0.05, 0.1) is 0 Å². The van der Waals surface area contributed by atoms with Crippen molar-refractivity contribution in [3.8, 4) is 6.07 Å². The fraction of sp³-hybridized carbons (Fsp3) is 0.474. The lowest BCUT2D eigenvalue weighted by Crippen LogP contribution is -2.39. The van der Waals surface area contributed by atoms with Crippen LogP contribution in [0.2, 0.25) is 0 Å². The number of furan rings is 1. The quantitative estimate of drug-likeness (QED) is 0.911. The van der Waals surface area contributed by atoms with Crippen LogP contribution in [0.4, 0.5) is 11.8 Å². The molecule has 26 heavy (non-hydrogen) atoms. The predicted molar refractivity (Wildman–Crippen MR) is 98.0 cm³/mol. The molecule has 2 aromatic heterocycles. The number of carbonyl (C=O) groups excluding carboxylic acids is 1. The summed E-state index contributed by atoms with van der Waals surface area (Å²) < 4.78 is 5.53. The van der Waals surface area contributed by atoms with Crippen LogP contribution in [0.5, 0.6) is 0 Å². The van der Waals surface area contributed by atoms with E-state index in [4.69, 9.17) is 4.42 Å². The lowest BCUT2D eigenvalue weighted by atomic mass is 9.96. The van der Waals surface area contributed by atoms with Crippen LogP contribution >= 0.6 is 0 Å². The fourth-order valence-electron chi connectivity index (χ4n) is 3.25. The Morgan fingerprint density at radius 3 is 2.42 bits per heavy atom. The van der Waals surface area contributed by atoms with Crippen LogP contribution in [0.1, 0.15) is 41.1 Å². The third kappa shape index (κ3) is 3.54. The Morgan fingerprint density at radius 2 is 1.85 bits per heavy atom. The number of nitrogens with zero attached hydrogens (tertiary/aromatic N) is 4. The molecular formula is C19H23N5O2. The number of amides is 1. The first-order valence-corrected chi connectivity index (χ1v) is 8.77. The highest BCUT2D eigenvalue weighted by Gasteiger charge is 2.28. The Hall–Kier alpha value is -2.88. The Balaban J connectivity index is 1.64. The molecule has 0 saturated carbocycles. The van der Waals surface area contributed by atoms with Gasteiger partial charge in [-0.3, -0.25) is 10.1 Å². The van der Waals surface area contributed by atoms with Crippen LogP contribution in [0.15, 0.2) is 10.5 Å². The van der Waals surface area contributed by atoms with Crippen LogP contribution in [-0.4, -0.2) is 29.0 Å². The summed E-state index contributed by atoms with van der Waals surface area (Å²) in [7, 11) is 0. The maximum absolute atomic E-state index is 12.6. The van der Waals surface area contributed by atoms with E-state index in [0.717, 1.165) is 36.0 Å². The van der Waals surface area contributed by atoms with Gasteiger partial charge in [-0.25, -0.2) is 9.97 Å². The average molecular weight is 353 g/mol. The summed E-state index contributed by atoms with van der Waals surface area (Å²) in [6.45, 7) is 8.96. The van der Waals surface area contributed by atoms with Gasteiger partial charge >= 0.3 is 0 Å². The van der Waals surface area contributed by atoms with Crippen molar-refractivity contribution in [3.63, 3.8) is 0 Å². The summed E-state index contributed by atoms with van der Waals surface area (Å²) in [5, 5.41) is 12.0. The third-order valence-electron chi connectivity index (χ3n) is 4.85. The smallest absolute Gasteiger partial charge is 0.229 e. The molecule has 1 aliphatic heterocycles. The first-order chi connectivity index (χ1) is 12.4. The number of aromatic nitrogens is 2. The van der Waals surface area contributed by atoms with E-state index in [2.05, 4.69) is 26.3 Å². The van der Waals surface area contributed by atoms with Gasteiger partial charge in [0.2, 0.25) is 17.7 Å². The summed E-state index contributed by atoms with van der Waals surface area (Å²) in [6.07, 6.45) is 1.42. The maximum Gasteiger partial charge on any atom is 0.229 e. The van der Waals surface area contributed by atoms with Gasteiger partial charge in [-0.05, 0) is 46.6 Å². The fourth-order valence-corrected chi connectivity index (χ4v) is 3.25. The number of hydrogen-bond acceptors (Lipinski definition) is 6. The molecule has 1 amide bonds. The van der Waals surface area contributed by atoms with Crippen molar-refractivity contribution in [1.29, 1.82) is 5.26 Å². The van der Waals surface area contributed by atoms with Gasteiger partial charge < -0.3 is 9.32 Å². The lowest BCUT2D eigenvalue weighted by Gasteiger charge is -2.31. The third-order valence-corrected chi connectivity index (χ3v) is 4.85. The summed E-state index contributed by atoms with van der Waals surface area (Å²) in [6, 6.07) is 4.05. The number of aryl methyl sites for hydroxylation is 3. The molecule has 0 radical (unpaired) electrons. The van der Waals surface area contributed by atoms with E-state index in [1.807, 2.05) is 26.8 Å². The zero-order chi connectivity index (χ0) is 18.8. The molecule has 0 aromatic carbocycles. The highest BCUT2D eigenvalue weighted by atomic mass is 16.4. The molecule has 0 unspecified atom stereocenters. The van der Waals surface area contributed by atoms with Gasteiger partial charge in [0.25, 0.3) is 0 Å². The Bertz CT molecular complexity index is 853. The Morgan fingerprint density at radius 1 is 1.23 bits per heavy atom. The van der Waals surface area contributed by atoms with E-state index in [1.54, 1.807) is 6.92 Å². The summed E-state index contributed by atoms with van der Waals surface area (Å²) >= 11 is 0. The molecule has 3 rings (SSSR count). The van der Waals surface area contributed by atoms with Crippen molar-refractivity contribution in [2.45, 2.75) is 40.5 Å². The van der Waals surface area contributed by atoms with Crippen molar-refractivity contribution in [2.75, 3.05) is 23.3 Å². The van der Waals surface area contributed by atoms with Crippen molar-refractivity contribution in [1.82, 2.24) is 9.97 Å². The number of carbonyl (C=O) groups is 1. The van der Waals surface area contributed by atoms with E-state index in [0.29, 0.717) is 24.2 Å². The SMILES string of the molecule is Cc1cc(C)nc(N2CCC(C(=O)Nc3oc(C)c(C)c3C#N)CC2)n1. The van der Waals surface area contributed by atoms with Crippen LogP contribution < -0.4 is 10.2 Å². The Labute approximate surface area is 153 Å². The molecule has 0 aliphatic carbocycles. The lowest BCUT2D eigenvalue weighted by molar-refractivity contribution is -0.120. The summed E-state index contributed by atoms with van der Waals surface area (Å²) in [5.41, 5.74) is 3.06. The minimum Gasteiger partial charge on any atom is -0.444 e. The van der Waals surface area contributed by atoms with E-state index in [-0.39, 0.29) is 17.7 Å². The van der Waals surface area contributed by atoms with Gasteiger partial charge in [0.1, 0.15) is 17.4 Å². The topological polar surface area (TPSA) is 95.0 Å². The molecule has 1 fully saturated rings. The van der Waals surface area contributed by atoms with Gasteiger partial charge in [-0.2, -0.15) is 5.26 Å². The highest BCUT2D eigenvalue weighted by molar-refractivity contribution is 5.92. The van der Waals surface area contributed by atoms with E-state index >= 15 is 0 Å². The molecule has 1 aliphatic rings. The molecule has 7 nitrogen and oxygen atoms in total. The van der Waals surface area contributed by atoms with Gasteiger partial charge in [-0.1, -0.05) is 0 Å². The number of nitrogens with one attached hydrogen (secondary N) is 1. The largest absolute Gasteiger partial charge is 0.444 e. The second kappa shape index (κ2) is 7.16. The van der Waals surface area contributed by atoms with Gasteiger partial charge in [-0.15, -0.1) is 0 Å². The molecule has 1 saturated heterocycles. The van der Waals surface area contributed by atoms with Crippen molar-refractivity contribution in [3.05, 3.63) is 34.3 Å². The molecule has 0 spiro atoms. The zero-order valence-corrected chi connectivity index (χ0v) is 15.6. The monoisotopic (exact) mass is 353 g/mol. The number of hydrogen-bond donors (Lipinski definition) is 1. The van der Waals surface area contributed by atoms with E-state index in [9.17, 15) is 10.1 Å². The molecule has 0 bridgehead atoms. The van der Waals surface area contributed by atoms with E-state index in [1.165, 1.54) is 0 Å². The minimum atomic E-state index is -0.116. The first-order valence-electron chi connectivity index (χ1n) is 8.77. The number of rotatable bonds is 3. The highest BCUT2D eigenvalue weighted by Crippen LogP contribution is 2.27. The summed E-state index contributed by atoms with van der Waals surface area (Å²) in [5.74, 6) is 1.42. The molecule has 136 valence electrons. The second-order valence-corrected chi connectivity index (χ2v) is 6.80. The van der Waals surface area contributed by atoms with Crippen LogP contribution in [-0.2, 0) is 4.79 Å².